The molecule has 0 fully saturated rings. The summed E-state index contributed by atoms with van der Waals surface area (Å²) in [4.78, 5) is 11.1. The predicted octanol–water partition coefficient (Wildman–Crippen LogP) is 2.13. The monoisotopic (exact) mass is 236 g/mol. The highest BCUT2D eigenvalue weighted by atomic mass is 16.1. The lowest BCUT2D eigenvalue weighted by Gasteiger charge is -2.04. The van der Waals surface area contributed by atoms with E-state index in [9.17, 15) is 4.79 Å². The van der Waals surface area contributed by atoms with Crippen molar-refractivity contribution >= 4 is 11.5 Å². The van der Waals surface area contributed by atoms with Gasteiger partial charge in [-0.3, -0.25) is 4.79 Å². The second-order valence-electron chi connectivity index (χ2n) is 3.34. The van der Waals surface area contributed by atoms with Crippen LogP contribution in [-0.2, 0) is 0 Å². The number of hydrogen-bond donors (Lipinski definition) is 1. The third-order valence-corrected chi connectivity index (χ3v) is 2.15. The third kappa shape index (κ3) is 2.95. The van der Waals surface area contributed by atoms with Crippen molar-refractivity contribution in [1.82, 2.24) is 0 Å². The first kappa shape index (κ1) is 13.0. The zero-order valence-electron chi connectivity index (χ0n) is 9.56. The lowest BCUT2D eigenvalue weighted by atomic mass is 10.1. The second kappa shape index (κ2) is 5.84. The number of rotatable bonds is 3. The molecule has 0 bridgehead atoms. The van der Waals surface area contributed by atoms with Crippen molar-refractivity contribution in [3.63, 3.8) is 0 Å². The molecule has 0 unspecified atom stereocenters. The van der Waals surface area contributed by atoms with E-state index < -0.39 is 0 Å². The zero-order valence-corrected chi connectivity index (χ0v) is 9.56. The zero-order chi connectivity index (χ0) is 13.5. The molecule has 1 aromatic carbocycles. The smallest absolute Gasteiger partial charge is 0.163 e. The number of benzene rings is 1. The number of allylic oxidation sites excluding steroid dienone is 2. The molecule has 0 saturated heterocycles. The molecule has 1 N–H and O–H groups in total. The number of nitrogens with zero attached hydrogens (tertiary/aromatic N) is 3. The molecule has 0 saturated carbocycles. The Morgan fingerprint density at radius 2 is 1.61 bits per heavy atom. The van der Waals surface area contributed by atoms with Crippen LogP contribution in [0.25, 0.3) is 0 Å². The van der Waals surface area contributed by atoms with E-state index in [2.05, 4.69) is 5.32 Å². The van der Waals surface area contributed by atoms with E-state index in [1.807, 2.05) is 0 Å². The molecule has 0 radical (unpaired) electrons. The Morgan fingerprint density at radius 3 is 2.00 bits per heavy atom. The highest BCUT2D eigenvalue weighted by Gasteiger charge is 2.06. The number of nitrogens with one attached hydrogen (secondary N) is 1. The van der Waals surface area contributed by atoms with Crippen LogP contribution in [0.2, 0.25) is 0 Å². The van der Waals surface area contributed by atoms with Crippen LogP contribution in [0.1, 0.15) is 17.3 Å². The van der Waals surface area contributed by atoms with Gasteiger partial charge in [0.1, 0.15) is 23.9 Å². The number of Topliss-reactive ketones (excluding diaryl/α,β-unsaturated/α-hetero) is 1. The number of carbonyl (C=O) groups is 1. The van der Waals surface area contributed by atoms with Gasteiger partial charge in [-0.15, -0.1) is 0 Å². The summed E-state index contributed by atoms with van der Waals surface area (Å²) in [6.45, 7) is 1.45. The van der Waals surface area contributed by atoms with E-state index in [0.29, 0.717) is 11.3 Å². The molecule has 86 valence electrons. The van der Waals surface area contributed by atoms with Gasteiger partial charge in [0.15, 0.2) is 11.4 Å². The summed E-state index contributed by atoms with van der Waals surface area (Å²) in [6, 6.07) is 11.4. The second-order valence-corrected chi connectivity index (χ2v) is 3.34. The number of carbonyl (C=O) groups excluding carboxylic acids is 1. The lowest BCUT2D eigenvalue weighted by Crippen LogP contribution is -2.01. The van der Waals surface area contributed by atoms with Crippen LogP contribution in [-0.4, -0.2) is 5.78 Å². The minimum atomic E-state index is -0.284. The summed E-state index contributed by atoms with van der Waals surface area (Å²) >= 11 is 0. The Morgan fingerprint density at radius 1 is 1.06 bits per heavy atom. The lowest BCUT2D eigenvalue weighted by molar-refractivity contribution is 0.101. The van der Waals surface area contributed by atoms with Crippen LogP contribution in [0.15, 0.2) is 35.5 Å². The van der Waals surface area contributed by atoms with Gasteiger partial charge in [0.25, 0.3) is 0 Å². The molecule has 0 aliphatic carbocycles. The SMILES string of the molecule is CC(=O)c1ccc(NC(C#N)=C(C#N)C#N)cc1. The van der Waals surface area contributed by atoms with Crippen LogP contribution in [0.5, 0.6) is 0 Å². The molecule has 0 atom stereocenters. The van der Waals surface area contributed by atoms with Gasteiger partial charge < -0.3 is 5.32 Å². The molecule has 0 spiro atoms. The van der Waals surface area contributed by atoms with Crippen molar-refractivity contribution in [2.45, 2.75) is 6.92 Å². The average molecular weight is 236 g/mol. The number of hydrogen-bond acceptors (Lipinski definition) is 5. The number of nitriles is 3. The molecule has 1 aromatic rings. The fourth-order valence-electron chi connectivity index (χ4n) is 1.22. The minimum absolute atomic E-state index is 0.0627. The van der Waals surface area contributed by atoms with Crippen LogP contribution < -0.4 is 5.32 Å². The largest absolute Gasteiger partial charge is 0.345 e. The van der Waals surface area contributed by atoms with Gasteiger partial charge in [0.2, 0.25) is 0 Å². The molecule has 1 rings (SSSR count). The van der Waals surface area contributed by atoms with Gasteiger partial charge in [0, 0.05) is 11.3 Å². The standard InChI is InChI=1S/C13H8N4O/c1-9(18)10-2-4-12(5-3-10)17-13(8-16)11(6-14)7-15/h2-5,17H,1H3. The summed E-state index contributed by atoms with van der Waals surface area (Å²) in [5.74, 6) is -0.0627. The van der Waals surface area contributed by atoms with Crippen molar-refractivity contribution in [3.05, 3.63) is 41.1 Å². The van der Waals surface area contributed by atoms with Crippen molar-refractivity contribution in [2.24, 2.45) is 0 Å². The maximum absolute atomic E-state index is 11.1. The first-order valence-corrected chi connectivity index (χ1v) is 4.95. The molecule has 0 aromatic heterocycles. The van der Waals surface area contributed by atoms with E-state index in [4.69, 9.17) is 15.8 Å². The minimum Gasteiger partial charge on any atom is -0.345 e. The molecular weight excluding hydrogens is 228 g/mol. The highest BCUT2D eigenvalue weighted by molar-refractivity contribution is 5.94. The van der Waals surface area contributed by atoms with Gasteiger partial charge >= 0.3 is 0 Å². The van der Waals surface area contributed by atoms with Gasteiger partial charge in [-0.05, 0) is 31.2 Å². The Kier molecular flexibility index (Phi) is 4.21. The topological polar surface area (TPSA) is 100 Å². The Labute approximate surface area is 104 Å². The van der Waals surface area contributed by atoms with Crippen LogP contribution in [0.4, 0.5) is 5.69 Å². The van der Waals surface area contributed by atoms with E-state index in [0.717, 1.165) is 0 Å². The first-order chi connectivity index (χ1) is 8.62. The van der Waals surface area contributed by atoms with Gasteiger partial charge in [-0.2, -0.15) is 15.8 Å². The van der Waals surface area contributed by atoms with E-state index >= 15 is 0 Å². The molecule has 0 aliphatic heterocycles. The number of anilines is 1. The predicted molar refractivity (Wildman–Crippen MR) is 63.9 cm³/mol. The third-order valence-electron chi connectivity index (χ3n) is 2.15. The molecular formula is C13H8N4O. The van der Waals surface area contributed by atoms with Crippen molar-refractivity contribution in [2.75, 3.05) is 5.32 Å². The molecule has 0 amide bonds. The van der Waals surface area contributed by atoms with E-state index in [1.54, 1.807) is 42.5 Å². The highest BCUT2D eigenvalue weighted by Crippen LogP contribution is 2.13. The maximum Gasteiger partial charge on any atom is 0.163 e. The van der Waals surface area contributed by atoms with Crippen molar-refractivity contribution in [3.8, 4) is 18.2 Å². The summed E-state index contributed by atoms with van der Waals surface area (Å²) in [5.41, 5.74) is 0.673. The fourth-order valence-corrected chi connectivity index (χ4v) is 1.22. The normalized spacial score (nSPS) is 8.33. The van der Waals surface area contributed by atoms with Crippen molar-refractivity contribution in [1.29, 1.82) is 15.8 Å². The molecule has 0 aliphatic rings. The van der Waals surface area contributed by atoms with Gasteiger partial charge in [-0.1, -0.05) is 0 Å². The van der Waals surface area contributed by atoms with Crippen molar-refractivity contribution < 1.29 is 4.79 Å². The summed E-state index contributed by atoms with van der Waals surface area (Å²) < 4.78 is 0. The van der Waals surface area contributed by atoms with Crippen LogP contribution in [0, 0.1) is 34.0 Å². The van der Waals surface area contributed by atoms with Gasteiger partial charge in [0.05, 0.1) is 0 Å². The van der Waals surface area contributed by atoms with E-state index in [1.165, 1.54) is 6.92 Å². The first-order valence-electron chi connectivity index (χ1n) is 4.95. The average Bonchev–Trinajstić information content (AvgIpc) is 2.39. The maximum atomic E-state index is 11.1. The molecule has 5 nitrogen and oxygen atoms in total. The van der Waals surface area contributed by atoms with Crippen LogP contribution >= 0.6 is 0 Å². The number of ketones is 1. The quantitative estimate of drug-likeness (QED) is 0.639. The molecule has 18 heavy (non-hydrogen) atoms. The molecule has 5 heteroatoms. The Balaban J connectivity index is 3.03. The van der Waals surface area contributed by atoms with E-state index in [-0.39, 0.29) is 17.1 Å². The summed E-state index contributed by atoms with van der Waals surface area (Å²) in [5, 5.41) is 28.8. The van der Waals surface area contributed by atoms with Crippen LogP contribution in [0.3, 0.4) is 0 Å². The van der Waals surface area contributed by atoms with Gasteiger partial charge in [-0.25, -0.2) is 0 Å². The Hall–Kier alpha value is -3.10. The summed E-state index contributed by atoms with van der Waals surface area (Å²) in [7, 11) is 0. The molecule has 0 heterocycles. The fraction of sp³-hybridized carbons (Fsp3) is 0.0769. The Bertz CT molecular complexity index is 605. The summed E-state index contributed by atoms with van der Waals surface area (Å²) in [6.07, 6.45) is 0.